The lowest BCUT2D eigenvalue weighted by Crippen LogP contribution is -2.06. The molecule has 0 unspecified atom stereocenters. The molecule has 0 bridgehead atoms. The summed E-state index contributed by atoms with van der Waals surface area (Å²) in [6, 6.07) is 0. The van der Waals surface area contributed by atoms with Crippen LogP contribution in [0.25, 0.3) is 0 Å². The summed E-state index contributed by atoms with van der Waals surface area (Å²) in [6.45, 7) is 3.42. The third-order valence-corrected chi connectivity index (χ3v) is 4.32. The Labute approximate surface area is 94.2 Å². The second-order valence-corrected chi connectivity index (χ2v) is 5.75. The monoisotopic (exact) mass is 250 g/mol. The van der Waals surface area contributed by atoms with Gasteiger partial charge in [-0.2, -0.15) is 0 Å². The molecular weight excluding hydrogens is 235 g/mol. The summed E-state index contributed by atoms with van der Waals surface area (Å²) in [5, 5.41) is 25.4. The number of carbonyl (C=O) groups is 2. The summed E-state index contributed by atoms with van der Waals surface area (Å²) in [5.41, 5.74) is 0. The molecule has 0 aromatic carbocycles. The van der Waals surface area contributed by atoms with Gasteiger partial charge in [-0.05, 0) is 12.3 Å². The van der Waals surface area contributed by atoms with E-state index in [1.165, 1.54) is 0 Å². The first-order valence-corrected chi connectivity index (χ1v) is 6.50. The summed E-state index contributed by atoms with van der Waals surface area (Å²) >= 11 is 0. The smallest absolute Gasteiger partial charge is 0.303 e. The van der Waals surface area contributed by atoms with Crippen LogP contribution in [0.2, 0.25) is 0 Å². The molecular formula is C9H15O6P. The second-order valence-electron chi connectivity index (χ2n) is 3.19. The van der Waals surface area contributed by atoms with Gasteiger partial charge in [-0.25, -0.2) is 5.26 Å². The lowest BCUT2D eigenvalue weighted by atomic mass is 10.5. The van der Waals surface area contributed by atoms with Crippen LogP contribution in [0.5, 0.6) is 0 Å². The average molecular weight is 250 g/mol. The number of aliphatic carboxylic acids is 2. The van der Waals surface area contributed by atoms with Crippen LogP contribution >= 0.6 is 7.92 Å². The quantitative estimate of drug-likeness (QED) is 0.247. The third kappa shape index (κ3) is 8.20. The van der Waals surface area contributed by atoms with Crippen molar-refractivity contribution in [2.75, 3.05) is 18.5 Å². The van der Waals surface area contributed by atoms with Crippen molar-refractivity contribution >= 4 is 19.9 Å². The fourth-order valence-electron chi connectivity index (χ4n) is 1.06. The molecule has 0 saturated heterocycles. The van der Waals surface area contributed by atoms with Gasteiger partial charge in [-0.3, -0.25) is 9.59 Å². The van der Waals surface area contributed by atoms with Gasteiger partial charge in [0.1, 0.15) is 5.76 Å². The van der Waals surface area contributed by atoms with Crippen molar-refractivity contribution in [1.29, 1.82) is 0 Å². The van der Waals surface area contributed by atoms with Crippen molar-refractivity contribution in [3.8, 4) is 0 Å². The van der Waals surface area contributed by atoms with E-state index < -0.39 is 19.9 Å². The van der Waals surface area contributed by atoms with Gasteiger partial charge in [0.15, 0.2) is 0 Å². The summed E-state index contributed by atoms with van der Waals surface area (Å²) in [5.74, 6) is -1.70. The first-order chi connectivity index (χ1) is 7.45. The van der Waals surface area contributed by atoms with Crippen LogP contribution in [0.1, 0.15) is 12.8 Å². The highest BCUT2D eigenvalue weighted by Gasteiger charge is 2.14. The molecule has 92 valence electrons. The molecule has 0 aromatic heterocycles. The SMILES string of the molecule is C=C(CP(CCC(=O)O)CCC(=O)O)OO. The summed E-state index contributed by atoms with van der Waals surface area (Å²) < 4.78 is 0. The van der Waals surface area contributed by atoms with Crippen molar-refractivity contribution in [3.05, 3.63) is 12.3 Å². The van der Waals surface area contributed by atoms with E-state index in [1.807, 2.05) is 0 Å². The zero-order chi connectivity index (χ0) is 12.6. The third-order valence-electron chi connectivity index (χ3n) is 1.81. The maximum atomic E-state index is 10.4. The Morgan fingerprint density at radius 2 is 1.56 bits per heavy atom. The predicted molar refractivity (Wildman–Crippen MR) is 58.9 cm³/mol. The minimum Gasteiger partial charge on any atom is -0.481 e. The molecule has 0 radical (unpaired) electrons. The van der Waals surface area contributed by atoms with Crippen LogP contribution in [0.4, 0.5) is 0 Å². The molecule has 0 aliphatic rings. The van der Waals surface area contributed by atoms with Crippen molar-refractivity contribution in [3.63, 3.8) is 0 Å². The van der Waals surface area contributed by atoms with Crippen LogP contribution in [0, 0.1) is 0 Å². The Balaban J connectivity index is 4.09. The molecule has 7 heteroatoms. The number of rotatable bonds is 9. The lowest BCUT2D eigenvalue weighted by molar-refractivity contribution is -0.201. The molecule has 0 rings (SSSR count). The van der Waals surface area contributed by atoms with Crippen molar-refractivity contribution in [2.24, 2.45) is 0 Å². The predicted octanol–water partition coefficient (Wildman–Crippen LogP) is 1.42. The molecule has 3 N–H and O–H groups in total. The molecule has 0 heterocycles. The highest BCUT2D eigenvalue weighted by Crippen LogP contribution is 2.38. The topological polar surface area (TPSA) is 104 Å². The highest BCUT2D eigenvalue weighted by atomic mass is 31.1. The number of carboxylic acid groups (broad SMARTS) is 2. The summed E-state index contributed by atoms with van der Waals surface area (Å²) in [6.07, 6.45) is 1.11. The van der Waals surface area contributed by atoms with E-state index in [0.29, 0.717) is 18.5 Å². The van der Waals surface area contributed by atoms with Gasteiger partial charge in [0.05, 0.1) is 0 Å². The molecule has 0 aliphatic heterocycles. The molecule has 0 saturated carbocycles. The molecule has 0 aromatic rings. The zero-order valence-electron chi connectivity index (χ0n) is 8.76. The van der Waals surface area contributed by atoms with Crippen LogP contribution in [-0.2, 0) is 14.5 Å². The fraction of sp³-hybridized carbons (Fsp3) is 0.556. The maximum Gasteiger partial charge on any atom is 0.303 e. The van der Waals surface area contributed by atoms with Gasteiger partial charge in [-0.15, -0.1) is 0 Å². The molecule has 0 fully saturated rings. The molecule has 6 nitrogen and oxygen atoms in total. The van der Waals surface area contributed by atoms with Crippen LogP contribution in [-0.4, -0.2) is 45.9 Å². The van der Waals surface area contributed by atoms with Gasteiger partial charge >= 0.3 is 11.9 Å². The standard InChI is InChI=1S/C9H15O6P/c1-7(15-14)6-16(4-2-8(10)11)5-3-9(12)13/h14H,1-6H2,(H,10,11)(H,12,13). The number of hydrogen-bond donors (Lipinski definition) is 3. The van der Waals surface area contributed by atoms with E-state index in [0.717, 1.165) is 0 Å². The molecule has 0 aliphatic carbocycles. The van der Waals surface area contributed by atoms with E-state index >= 15 is 0 Å². The number of hydrogen-bond acceptors (Lipinski definition) is 4. The van der Waals surface area contributed by atoms with E-state index in [-0.39, 0.29) is 18.6 Å². The average Bonchev–Trinajstić information content (AvgIpc) is 2.21. The molecule has 16 heavy (non-hydrogen) atoms. The molecule has 0 amide bonds. The van der Waals surface area contributed by atoms with Crippen molar-refractivity contribution in [2.45, 2.75) is 12.8 Å². The number of carboxylic acids is 2. The minimum absolute atomic E-state index is 0.00989. The van der Waals surface area contributed by atoms with E-state index in [1.54, 1.807) is 0 Å². The normalized spacial score (nSPS) is 10.1. The Bertz CT molecular complexity index is 247. The maximum absolute atomic E-state index is 10.4. The van der Waals surface area contributed by atoms with Crippen LogP contribution in [0.3, 0.4) is 0 Å². The van der Waals surface area contributed by atoms with Gasteiger partial charge in [0.25, 0.3) is 0 Å². The van der Waals surface area contributed by atoms with Gasteiger partial charge in [0.2, 0.25) is 0 Å². The largest absolute Gasteiger partial charge is 0.481 e. The van der Waals surface area contributed by atoms with E-state index in [9.17, 15) is 9.59 Å². The zero-order valence-corrected chi connectivity index (χ0v) is 9.65. The molecule has 0 atom stereocenters. The number of allylic oxidation sites excluding steroid dienone is 1. The Hall–Kier alpha value is -1.13. The Morgan fingerprint density at radius 3 is 1.88 bits per heavy atom. The van der Waals surface area contributed by atoms with E-state index in [2.05, 4.69) is 11.5 Å². The van der Waals surface area contributed by atoms with E-state index in [4.69, 9.17) is 15.5 Å². The van der Waals surface area contributed by atoms with Crippen molar-refractivity contribution in [1.82, 2.24) is 0 Å². The summed E-state index contributed by atoms with van der Waals surface area (Å²) in [4.78, 5) is 24.7. The molecule has 0 spiro atoms. The van der Waals surface area contributed by atoms with Gasteiger partial charge in [0, 0.05) is 19.0 Å². The van der Waals surface area contributed by atoms with Crippen LogP contribution < -0.4 is 0 Å². The Kier molecular flexibility index (Phi) is 7.50. The highest BCUT2D eigenvalue weighted by molar-refractivity contribution is 7.57. The summed E-state index contributed by atoms with van der Waals surface area (Å²) in [7, 11) is -0.817. The minimum atomic E-state index is -0.918. The van der Waals surface area contributed by atoms with Crippen LogP contribution in [0.15, 0.2) is 12.3 Å². The van der Waals surface area contributed by atoms with Crippen molar-refractivity contribution < 1.29 is 29.9 Å². The Morgan fingerprint density at radius 1 is 1.12 bits per heavy atom. The van der Waals surface area contributed by atoms with Gasteiger partial charge in [-0.1, -0.05) is 14.5 Å². The fourth-order valence-corrected chi connectivity index (χ4v) is 3.17. The second kappa shape index (κ2) is 8.07. The lowest BCUT2D eigenvalue weighted by Gasteiger charge is -2.15. The van der Waals surface area contributed by atoms with Gasteiger partial charge < -0.3 is 15.1 Å². The first-order valence-electron chi connectivity index (χ1n) is 4.61. The first kappa shape index (κ1) is 14.9.